The number of rotatable bonds is 10. The number of hydrogen-bond acceptors (Lipinski definition) is 8. The van der Waals surface area contributed by atoms with E-state index in [2.05, 4.69) is 11.8 Å². The molecule has 0 aromatic heterocycles. The van der Waals surface area contributed by atoms with Gasteiger partial charge >= 0.3 is 0 Å². The molecule has 0 amide bonds. The number of fused-ring (bicyclic) bond motifs is 3. The van der Waals surface area contributed by atoms with Gasteiger partial charge in [-0.25, -0.2) is 0 Å². The zero-order valence-electron chi connectivity index (χ0n) is 24.5. The third-order valence-electron chi connectivity index (χ3n) is 8.42. The molecule has 4 aliphatic heterocycles. The number of carbonyl (C=O) groups excluding carboxylic acids is 1. The van der Waals surface area contributed by atoms with Crippen LogP contribution in [0.4, 0.5) is 0 Å². The Balaban J connectivity index is 1.25. The van der Waals surface area contributed by atoms with Gasteiger partial charge in [0.25, 0.3) is 0 Å². The molecule has 0 saturated carbocycles. The number of carbonyl (C=O) groups is 1. The Morgan fingerprint density at radius 2 is 1.49 bits per heavy atom. The van der Waals surface area contributed by atoms with Gasteiger partial charge in [-0.1, -0.05) is 84.7 Å². The molecule has 0 spiro atoms. The summed E-state index contributed by atoms with van der Waals surface area (Å²) in [6.07, 6.45) is 1.96. The van der Waals surface area contributed by atoms with Crippen molar-refractivity contribution in [2.24, 2.45) is 0 Å². The molecule has 4 aliphatic rings. The fourth-order valence-electron chi connectivity index (χ4n) is 6.35. The fraction of sp³-hybridized carbons (Fsp3) is 0.514. The zero-order valence-corrected chi connectivity index (χ0v) is 24.5. The summed E-state index contributed by atoms with van der Waals surface area (Å²) >= 11 is 0. The Kier molecular flexibility index (Phi) is 10.0. The Morgan fingerprint density at radius 1 is 0.837 bits per heavy atom. The zero-order chi connectivity index (χ0) is 29.6. The second-order valence-corrected chi connectivity index (χ2v) is 11.7. The lowest BCUT2D eigenvalue weighted by Crippen LogP contribution is -2.64. The fourth-order valence-corrected chi connectivity index (χ4v) is 6.35. The first-order valence-electron chi connectivity index (χ1n) is 15.3. The van der Waals surface area contributed by atoms with Crippen LogP contribution in [-0.2, 0) is 46.4 Å². The molecule has 4 heterocycles. The van der Waals surface area contributed by atoms with Gasteiger partial charge in [-0.3, -0.25) is 4.79 Å². The van der Waals surface area contributed by atoms with Crippen LogP contribution in [0.3, 0.4) is 0 Å². The summed E-state index contributed by atoms with van der Waals surface area (Å²) < 4.78 is 39.4. The van der Waals surface area contributed by atoms with Crippen molar-refractivity contribution < 1.29 is 38.3 Å². The van der Waals surface area contributed by atoms with Crippen molar-refractivity contribution in [1.29, 1.82) is 0 Å². The first kappa shape index (κ1) is 30.2. The highest BCUT2D eigenvalue weighted by atomic mass is 16.6. The molecule has 43 heavy (non-hydrogen) atoms. The molecule has 0 unspecified atom stereocenters. The highest BCUT2D eigenvalue weighted by molar-refractivity contribution is 5.76. The quantitative estimate of drug-likeness (QED) is 0.330. The second kappa shape index (κ2) is 14.3. The molecule has 2 aromatic carbocycles. The van der Waals surface area contributed by atoms with Crippen molar-refractivity contribution in [2.75, 3.05) is 6.61 Å². The number of ether oxygens (including phenoxy) is 6. The third-order valence-corrected chi connectivity index (χ3v) is 8.42. The molecular weight excluding hydrogens is 548 g/mol. The molecule has 1 N–H and O–H groups in total. The summed E-state index contributed by atoms with van der Waals surface area (Å²) in [5.74, 6) is 6.29. The summed E-state index contributed by atoms with van der Waals surface area (Å²) in [7, 11) is 0. The summed E-state index contributed by atoms with van der Waals surface area (Å²) in [5.41, 5.74) is 2.07. The van der Waals surface area contributed by atoms with Crippen molar-refractivity contribution in [1.82, 2.24) is 0 Å². The van der Waals surface area contributed by atoms with Crippen LogP contribution in [0.25, 0.3) is 0 Å². The topological polar surface area (TPSA) is 92.7 Å². The minimum Gasteiger partial charge on any atom is -0.396 e. The number of hydrogen-bond donors (Lipinski definition) is 1. The average Bonchev–Trinajstić information content (AvgIpc) is 3.30. The van der Waals surface area contributed by atoms with Gasteiger partial charge in [0, 0.05) is 32.3 Å². The molecule has 10 atom stereocenters. The van der Waals surface area contributed by atoms with Crippen LogP contribution in [-0.4, -0.2) is 78.5 Å². The van der Waals surface area contributed by atoms with Crippen LogP contribution in [0, 0.1) is 11.8 Å². The molecule has 0 aliphatic carbocycles. The van der Waals surface area contributed by atoms with E-state index >= 15 is 0 Å². The monoisotopic (exact) mass is 588 g/mol. The van der Waals surface area contributed by atoms with E-state index in [1.807, 2.05) is 72.8 Å². The maximum Gasteiger partial charge on any atom is 0.132 e. The molecule has 228 valence electrons. The molecular formula is C35H40O8. The van der Waals surface area contributed by atoms with Crippen LogP contribution >= 0.6 is 0 Å². The Labute approximate surface area is 253 Å². The lowest BCUT2D eigenvalue weighted by atomic mass is 9.86. The first-order chi connectivity index (χ1) is 21.1. The SMILES string of the molecule is CC(=O)C[C@@H]1O[C@@H]2C[C@@H]3O[C@@H]4CC#C[C@@H](CCO)O[C@H]4C=C[C@H]3O[C@H]2[C@H](OCc2ccccc2)[C@H]1OCc1ccccc1. The molecule has 0 radical (unpaired) electrons. The van der Waals surface area contributed by atoms with Crippen molar-refractivity contribution in [2.45, 2.75) is 107 Å². The third kappa shape index (κ3) is 7.44. The summed E-state index contributed by atoms with van der Waals surface area (Å²) in [5, 5.41) is 9.42. The highest BCUT2D eigenvalue weighted by Gasteiger charge is 2.53. The van der Waals surface area contributed by atoms with Gasteiger partial charge in [-0.15, -0.1) is 0 Å². The van der Waals surface area contributed by atoms with Crippen molar-refractivity contribution in [3.05, 3.63) is 83.9 Å². The van der Waals surface area contributed by atoms with Gasteiger partial charge in [0.1, 0.15) is 42.4 Å². The lowest BCUT2D eigenvalue weighted by Gasteiger charge is -2.51. The van der Waals surface area contributed by atoms with E-state index in [1.54, 1.807) is 6.92 Å². The predicted octanol–water partition coefficient (Wildman–Crippen LogP) is 3.93. The second-order valence-electron chi connectivity index (χ2n) is 11.7. The number of benzene rings is 2. The summed E-state index contributed by atoms with van der Waals surface area (Å²) in [4.78, 5) is 12.4. The van der Waals surface area contributed by atoms with Crippen molar-refractivity contribution >= 4 is 5.78 Å². The standard InChI is InChI=1S/C35H40O8/c1-23(37)19-31-33(38-21-24-9-4-2-5-10-24)35(39-22-25-11-6-3-7-12-25)34-32(42-31)20-30-29(43-34)16-15-28-27(41-30)14-8-13-26(40-28)17-18-36/h2-7,9-12,15-16,26-36H,14,17-22H2,1H3/t26-,27+,28-,29+,30-,31-,32+,33-,34+,35+/m0/s1. The van der Waals surface area contributed by atoms with E-state index < -0.39 is 24.4 Å². The lowest BCUT2D eigenvalue weighted by molar-refractivity contribution is -0.299. The minimum atomic E-state index is -0.523. The molecule has 8 nitrogen and oxygen atoms in total. The predicted molar refractivity (Wildman–Crippen MR) is 158 cm³/mol. The molecule has 0 bridgehead atoms. The maximum atomic E-state index is 12.4. The van der Waals surface area contributed by atoms with Gasteiger partial charge in [0.2, 0.25) is 0 Å². The number of ketones is 1. The van der Waals surface area contributed by atoms with Gasteiger partial charge in [0.05, 0.1) is 37.6 Å². The molecule has 2 fully saturated rings. The average molecular weight is 589 g/mol. The van der Waals surface area contributed by atoms with E-state index in [0.717, 1.165) is 11.1 Å². The van der Waals surface area contributed by atoms with E-state index in [0.29, 0.717) is 32.5 Å². The molecule has 6 rings (SSSR count). The van der Waals surface area contributed by atoms with Crippen molar-refractivity contribution in [3.63, 3.8) is 0 Å². The van der Waals surface area contributed by atoms with Gasteiger partial charge < -0.3 is 33.5 Å². The summed E-state index contributed by atoms with van der Waals surface area (Å²) in [6, 6.07) is 20.0. The van der Waals surface area contributed by atoms with Gasteiger partial charge in [-0.2, -0.15) is 0 Å². The van der Waals surface area contributed by atoms with Crippen LogP contribution < -0.4 is 0 Å². The van der Waals surface area contributed by atoms with Crippen LogP contribution in [0.1, 0.15) is 43.7 Å². The van der Waals surface area contributed by atoms with Crippen LogP contribution in [0.5, 0.6) is 0 Å². The summed E-state index contributed by atoms with van der Waals surface area (Å²) in [6.45, 7) is 2.32. The van der Waals surface area contributed by atoms with E-state index in [9.17, 15) is 9.90 Å². The van der Waals surface area contributed by atoms with Crippen LogP contribution in [0.15, 0.2) is 72.8 Å². The molecule has 2 aromatic rings. The van der Waals surface area contributed by atoms with Crippen molar-refractivity contribution in [3.8, 4) is 11.8 Å². The van der Waals surface area contributed by atoms with E-state index in [1.165, 1.54) is 0 Å². The number of aliphatic hydroxyl groups excluding tert-OH is 1. The van der Waals surface area contributed by atoms with Gasteiger partial charge in [0.15, 0.2) is 0 Å². The Morgan fingerprint density at radius 3 is 2.14 bits per heavy atom. The van der Waals surface area contributed by atoms with Crippen LogP contribution in [0.2, 0.25) is 0 Å². The highest BCUT2D eigenvalue weighted by Crippen LogP contribution is 2.39. The minimum absolute atomic E-state index is 0.00960. The number of Topliss-reactive ketones (excluding diaryl/α,β-unsaturated/α-hetero) is 1. The normalized spacial score (nSPS) is 34.8. The smallest absolute Gasteiger partial charge is 0.132 e. The van der Waals surface area contributed by atoms with E-state index in [4.69, 9.17) is 28.4 Å². The maximum absolute atomic E-state index is 12.4. The Hall–Kier alpha value is -2.87. The first-order valence-corrected chi connectivity index (χ1v) is 15.3. The largest absolute Gasteiger partial charge is 0.396 e. The molecule has 8 heteroatoms. The molecule has 2 saturated heterocycles. The van der Waals surface area contributed by atoms with E-state index in [-0.39, 0.29) is 55.4 Å². The Bertz CT molecular complexity index is 1290. The number of aliphatic hydroxyl groups is 1. The van der Waals surface area contributed by atoms with Gasteiger partial charge in [-0.05, 0) is 18.1 Å².